The number of hydrogen-bond donors (Lipinski definition) is 0. The van der Waals surface area contributed by atoms with Crippen molar-refractivity contribution in [1.29, 1.82) is 0 Å². The Morgan fingerprint density at radius 3 is 2.00 bits per heavy atom. The molecule has 0 saturated carbocycles. The van der Waals surface area contributed by atoms with Gasteiger partial charge in [-0.2, -0.15) is 0 Å². The molecule has 0 aromatic heterocycles. The smallest absolute Gasteiger partial charge is 0.166 e. The van der Waals surface area contributed by atoms with E-state index in [2.05, 4.69) is 11.8 Å². The Hall–Kier alpha value is -0.490. The van der Waals surface area contributed by atoms with Gasteiger partial charge in [0, 0.05) is 0 Å². The monoisotopic (exact) mass is 174 g/mol. The Balaban J connectivity index is 4.60. The van der Waals surface area contributed by atoms with E-state index in [1.165, 1.54) is 0 Å². The van der Waals surface area contributed by atoms with Crippen molar-refractivity contribution >= 4 is 9.84 Å². The van der Waals surface area contributed by atoms with Crippen molar-refractivity contribution in [2.75, 3.05) is 5.75 Å². The van der Waals surface area contributed by atoms with Crippen LogP contribution in [0.1, 0.15) is 27.7 Å². The highest BCUT2D eigenvalue weighted by Crippen LogP contribution is 2.14. The molecule has 0 aliphatic carbocycles. The van der Waals surface area contributed by atoms with E-state index < -0.39 is 14.6 Å². The van der Waals surface area contributed by atoms with Crippen LogP contribution in [0.4, 0.5) is 0 Å². The van der Waals surface area contributed by atoms with Gasteiger partial charge < -0.3 is 0 Å². The van der Waals surface area contributed by atoms with E-state index in [0.717, 1.165) is 0 Å². The van der Waals surface area contributed by atoms with Gasteiger partial charge in [0.15, 0.2) is 9.84 Å². The van der Waals surface area contributed by atoms with E-state index in [-0.39, 0.29) is 5.75 Å². The standard InChI is InChI=1S/C8H14O2S/c1-5-6-7-11(9,10)8(2,3)4/h7H2,1-4H3. The fourth-order valence-corrected chi connectivity index (χ4v) is 1.15. The maximum absolute atomic E-state index is 11.3. The molecule has 3 heteroatoms. The molecule has 0 saturated heterocycles. The Labute approximate surface area is 68.9 Å². The second-order valence-corrected chi connectivity index (χ2v) is 6.04. The fraction of sp³-hybridized carbons (Fsp3) is 0.750. The van der Waals surface area contributed by atoms with Crippen LogP contribution in [0.2, 0.25) is 0 Å². The van der Waals surface area contributed by atoms with E-state index in [1.807, 2.05) is 0 Å². The summed E-state index contributed by atoms with van der Waals surface area (Å²) in [4.78, 5) is 0. The second kappa shape index (κ2) is 3.27. The first kappa shape index (κ1) is 10.5. The van der Waals surface area contributed by atoms with Gasteiger partial charge in [-0.05, 0) is 27.7 Å². The lowest BCUT2D eigenvalue weighted by Gasteiger charge is -2.16. The lowest BCUT2D eigenvalue weighted by Crippen LogP contribution is -2.29. The molecule has 0 spiro atoms. The Morgan fingerprint density at radius 1 is 1.27 bits per heavy atom. The van der Waals surface area contributed by atoms with Crippen molar-refractivity contribution in [1.82, 2.24) is 0 Å². The second-order valence-electron chi connectivity index (χ2n) is 3.30. The van der Waals surface area contributed by atoms with Gasteiger partial charge in [0.25, 0.3) is 0 Å². The van der Waals surface area contributed by atoms with E-state index in [0.29, 0.717) is 0 Å². The van der Waals surface area contributed by atoms with Crippen molar-refractivity contribution in [3.8, 4) is 11.8 Å². The van der Waals surface area contributed by atoms with Crippen molar-refractivity contribution in [3.63, 3.8) is 0 Å². The number of sulfone groups is 1. The molecule has 2 nitrogen and oxygen atoms in total. The molecule has 0 aromatic rings. The third-order valence-corrected chi connectivity index (χ3v) is 3.76. The average Bonchev–Trinajstić information content (AvgIpc) is 1.81. The van der Waals surface area contributed by atoms with Crippen LogP contribution in [0.3, 0.4) is 0 Å². The zero-order valence-electron chi connectivity index (χ0n) is 7.43. The SMILES string of the molecule is CC#CCS(=O)(=O)C(C)(C)C. The van der Waals surface area contributed by atoms with Gasteiger partial charge in [-0.25, -0.2) is 8.42 Å². The summed E-state index contributed by atoms with van der Waals surface area (Å²) in [5.41, 5.74) is 0. The summed E-state index contributed by atoms with van der Waals surface area (Å²) in [5, 5.41) is 0. The molecule has 11 heavy (non-hydrogen) atoms. The normalized spacial score (nSPS) is 12.0. The summed E-state index contributed by atoms with van der Waals surface area (Å²) < 4.78 is 21.9. The summed E-state index contributed by atoms with van der Waals surface area (Å²) in [7, 11) is -3.03. The summed E-state index contributed by atoms with van der Waals surface area (Å²) in [6, 6.07) is 0. The predicted octanol–water partition coefficient (Wildman–Crippen LogP) is 1.22. The zero-order valence-corrected chi connectivity index (χ0v) is 8.25. The van der Waals surface area contributed by atoms with Gasteiger partial charge in [0.1, 0.15) is 5.75 Å². The third-order valence-electron chi connectivity index (χ3n) is 1.37. The molecule has 64 valence electrons. The lowest BCUT2D eigenvalue weighted by atomic mass is 10.3. The largest absolute Gasteiger partial charge is 0.227 e. The van der Waals surface area contributed by atoms with Gasteiger partial charge in [-0.15, -0.1) is 5.92 Å². The van der Waals surface area contributed by atoms with E-state index in [4.69, 9.17) is 0 Å². The molecule has 0 unspecified atom stereocenters. The van der Waals surface area contributed by atoms with Crippen LogP contribution < -0.4 is 0 Å². The minimum atomic E-state index is -3.03. The summed E-state index contributed by atoms with van der Waals surface area (Å²) in [6.45, 7) is 6.68. The molecule has 0 bridgehead atoms. The van der Waals surface area contributed by atoms with Gasteiger partial charge in [-0.3, -0.25) is 0 Å². The molecule has 0 aliphatic rings. The van der Waals surface area contributed by atoms with Crippen LogP contribution in [-0.4, -0.2) is 18.9 Å². The topological polar surface area (TPSA) is 34.1 Å². The Morgan fingerprint density at radius 2 is 1.73 bits per heavy atom. The van der Waals surface area contributed by atoms with Crippen LogP contribution in [0, 0.1) is 11.8 Å². The molecular weight excluding hydrogens is 160 g/mol. The molecular formula is C8H14O2S. The summed E-state index contributed by atoms with van der Waals surface area (Å²) in [5.74, 6) is 5.09. The van der Waals surface area contributed by atoms with Crippen LogP contribution in [0.25, 0.3) is 0 Å². The zero-order chi connectivity index (χ0) is 9.12. The van der Waals surface area contributed by atoms with Crippen molar-refractivity contribution < 1.29 is 8.42 Å². The molecule has 0 fully saturated rings. The van der Waals surface area contributed by atoms with Crippen LogP contribution in [-0.2, 0) is 9.84 Å². The molecule has 0 rings (SSSR count). The minimum Gasteiger partial charge on any atom is -0.227 e. The Kier molecular flexibility index (Phi) is 3.13. The molecule has 0 amide bonds. The maximum Gasteiger partial charge on any atom is 0.166 e. The van der Waals surface area contributed by atoms with Crippen LogP contribution in [0.5, 0.6) is 0 Å². The molecule has 0 N–H and O–H groups in total. The van der Waals surface area contributed by atoms with E-state index >= 15 is 0 Å². The highest BCUT2D eigenvalue weighted by molar-refractivity contribution is 7.92. The van der Waals surface area contributed by atoms with E-state index in [9.17, 15) is 8.42 Å². The van der Waals surface area contributed by atoms with Gasteiger partial charge >= 0.3 is 0 Å². The van der Waals surface area contributed by atoms with Crippen molar-refractivity contribution in [3.05, 3.63) is 0 Å². The van der Waals surface area contributed by atoms with Crippen LogP contribution in [0.15, 0.2) is 0 Å². The predicted molar refractivity (Wildman–Crippen MR) is 47.0 cm³/mol. The molecule has 0 aliphatic heterocycles. The van der Waals surface area contributed by atoms with Gasteiger partial charge in [0.05, 0.1) is 4.75 Å². The van der Waals surface area contributed by atoms with Crippen molar-refractivity contribution in [2.45, 2.75) is 32.4 Å². The number of hydrogen-bond acceptors (Lipinski definition) is 2. The third kappa shape index (κ3) is 2.94. The quantitative estimate of drug-likeness (QED) is 0.560. The first-order chi connectivity index (χ1) is 4.81. The summed E-state index contributed by atoms with van der Waals surface area (Å²) in [6.07, 6.45) is 0. The van der Waals surface area contributed by atoms with Gasteiger partial charge in [0.2, 0.25) is 0 Å². The van der Waals surface area contributed by atoms with Crippen molar-refractivity contribution in [2.24, 2.45) is 0 Å². The molecule has 0 atom stereocenters. The minimum absolute atomic E-state index is 0.0347. The Bertz CT molecular complexity index is 269. The maximum atomic E-state index is 11.3. The molecule has 0 heterocycles. The average molecular weight is 174 g/mol. The fourth-order valence-electron chi connectivity index (χ4n) is 0.384. The lowest BCUT2D eigenvalue weighted by molar-refractivity contribution is 0.564. The molecule has 0 aromatic carbocycles. The first-order valence-electron chi connectivity index (χ1n) is 3.43. The highest BCUT2D eigenvalue weighted by atomic mass is 32.2. The van der Waals surface area contributed by atoms with E-state index in [1.54, 1.807) is 27.7 Å². The summed E-state index contributed by atoms with van der Waals surface area (Å²) >= 11 is 0. The first-order valence-corrected chi connectivity index (χ1v) is 5.08. The highest BCUT2D eigenvalue weighted by Gasteiger charge is 2.27. The number of rotatable bonds is 1. The molecule has 0 radical (unpaired) electrons. The van der Waals surface area contributed by atoms with Gasteiger partial charge in [-0.1, -0.05) is 5.92 Å². The van der Waals surface area contributed by atoms with Crippen LogP contribution >= 0.6 is 0 Å².